The molecule has 0 bridgehead atoms. The van der Waals surface area contributed by atoms with Crippen molar-refractivity contribution in [1.29, 1.82) is 0 Å². The van der Waals surface area contributed by atoms with E-state index in [9.17, 15) is 31.1 Å². The summed E-state index contributed by atoms with van der Waals surface area (Å²) in [5.41, 5.74) is -4.18. The van der Waals surface area contributed by atoms with E-state index in [1.165, 1.54) is 6.07 Å². The number of carbonyl (C=O) groups excluding carboxylic acids is 1. The fourth-order valence-corrected chi connectivity index (χ4v) is 2.35. The van der Waals surface area contributed by atoms with Gasteiger partial charge in [0.1, 0.15) is 11.5 Å². The van der Waals surface area contributed by atoms with Gasteiger partial charge in [0.05, 0.1) is 18.0 Å². The van der Waals surface area contributed by atoms with Crippen LogP contribution in [0.5, 0.6) is 11.5 Å². The van der Waals surface area contributed by atoms with E-state index in [-0.39, 0.29) is 5.75 Å². The van der Waals surface area contributed by atoms with Gasteiger partial charge in [-0.3, -0.25) is 4.79 Å². The highest BCUT2D eigenvalue weighted by atomic mass is 19.3. The van der Waals surface area contributed by atoms with Gasteiger partial charge in [-0.2, -0.15) is 27.8 Å². The third-order valence-electron chi connectivity index (χ3n) is 3.45. The van der Waals surface area contributed by atoms with Gasteiger partial charge in [-0.05, 0) is 12.1 Å². The third-order valence-corrected chi connectivity index (χ3v) is 3.45. The number of hydrogen-bond acceptors (Lipinski definition) is 4. The van der Waals surface area contributed by atoms with Gasteiger partial charge in [0, 0.05) is 17.2 Å². The average Bonchev–Trinajstić information content (AvgIpc) is 2.66. The summed E-state index contributed by atoms with van der Waals surface area (Å²) in [5, 5.41) is 6.84. The minimum atomic E-state index is -5.10. The standard InChI is InChI=1S/C14H6F6N2O2/c15-12(16)10-8(24-6-3-4-21-22-5-6)2-1-7-9(10)11(23)14(19,20)13(7,17)18/h1-5,12H. The highest BCUT2D eigenvalue weighted by Crippen LogP contribution is 2.55. The fraction of sp³-hybridized carbons (Fsp3) is 0.214. The summed E-state index contributed by atoms with van der Waals surface area (Å²) in [6.07, 6.45) is -1.29. The van der Waals surface area contributed by atoms with E-state index in [2.05, 4.69) is 10.2 Å². The van der Waals surface area contributed by atoms with E-state index < -0.39 is 46.5 Å². The largest absolute Gasteiger partial charge is 0.455 e. The van der Waals surface area contributed by atoms with Crippen LogP contribution in [0, 0.1) is 0 Å². The number of Topliss-reactive ketones (excluding diaryl/α,β-unsaturated/α-hetero) is 1. The van der Waals surface area contributed by atoms with Gasteiger partial charge >= 0.3 is 11.8 Å². The molecule has 0 saturated carbocycles. The molecule has 1 aliphatic carbocycles. The van der Waals surface area contributed by atoms with Crippen molar-refractivity contribution in [3.8, 4) is 11.5 Å². The summed E-state index contributed by atoms with van der Waals surface area (Å²) in [4.78, 5) is 11.6. The predicted molar refractivity (Wildman–Crippen MR) is 66.7 cm³/mol. The predicted octanol–water partition coefficient (Wildman–Crippen LogP) is 4.13. The zero-order valence-corrected chi connectivity index (χ0v) is 11.4. The number of ether oxygens (including phenoxy) is 1. The summed E-state index contributed by atoms with van der Waals surface area (Å²) >= 11 is 0. The molecule has 1 aliphatic rings. The van der Waals surface area contributed by atoms with Gasteiger partial charge in [-0.15, -0.1) is 0 Å². The molecular weight excluding hydrogens is 342 g/mol. The van der Waals surface area contributed by atoms with Crippen LogP contribution >= 0.6 is 0 Å². The molecule has 0 atom stereocenters. The number of fused-ring (bicyclic) bond motifs is 1. The van der Waals surface area contributed by atoms with E-state index in [0.29, 0.717) is 12.1 Å². The molecule has 24 heavy (non-hydrogen) atoms. The van der Waals surface area contributed by atoms with Crippen LogP contribution in [-0.4, -0.2) is 21.9 Å². The fourth-order valence-electron chi connectivity index (χ4n) is 2.35. The van der Waals surface area contributed by atoms with Crippen molar-refractivity contribution >= 4 is 5.78 Å². The maximum absolute atomic E-state index is 13.7. The Morgan fingerprint density at radius 2 is 1.71 bits per heavy atom. The molecule has 0 aliphatic heterocycles. The van der Waals surface area contributed by atoms with E-state index in [1.54, 1.807) is 0 Å². The summed E-state index contributed by atoms with van der Waals surface area (Å²) < 4.78 is 86.1. The molecule has 2 aromatic rings. The van der Waals surface area contributed by atoms with E-state index >= 15 is 0 Å². The molecule has 3 rings (SSSR count). The Labute approximate surface area is 130 Å². The first kappa shape index (κ1) is 16.2. The molecule has 0 amide bonds. The molecular formula is C14H6F6N2O2. The molecule has 1 heterocycles. The number of nitrogens with zero attached hydrogens (tertiary/aromatic N) is 2. The molecule has 0 N–H and O–H groups in total. The van der Waals surface area contributed by atoms with Crippen LogP contribution < -0.4 is 4.74 Å². The normalized spacial score (nSPS) is 17.9. The first-order chi connectivity index (χ1) is 11.2. The van der Waals surface area contributed by atoms with Crippen molar-refractivity contribution in [3.05, 3.63) is 47.3 Å². The Balaban J connectivity index is 2.20. The van der Waals surface area contributed by atoms with Crippen LogP contribution in [0.4, 0.5) is 26.3 Å². The summed E-state index contributed by atoms with van der Waals surface area (Å²) in [7, 11) is 0. The SMILES string of the molecule is O=C1c2c(ccc(Oc3ccnnc3)c2C(F)F)C(F)(F)C1(F)F. The summed E-state index contributed by atoms with van der Waals surface area (Å²) in [6.45, 7) is 0. The molecule has 1 aromatic carbocycles. The quantitative estimate of drug-likeness (QED) is 0.783. The van der Waals surface area contributed by atoms with E-state index in [0.717, 1.165) is 12.4 Å². The summed E-state index contributed by atoms with van der Waals surface area (Å²) in [6, 6.07) is 2.38. The van der Waals surface area contributed by atoms with Crippen LogP contribution in [0.3, 0.4) is 0 Å². The van der Waals surface area contributed by atoms with Crippen molar-refractivity contribution in [1.82, 2.24) is 10.2 Å². The van der Waals surface area contributed by atoms with Crippen molar-refractivity contribution < 1.29 is 35.9 Å². The molecule has 0 unspecified atom stereocenters. The number of alkyl halides is 6. The smallest absolute Gasteiger partial charge is 0.376 e. The monoisotopic (exact) mass is 348 g/mol. The number of rotatable bonds is 3. The zero-order chi connectivity index (χ0) is 17.7. The number of carbonyl (C=O) groups is 1. The van der Waals surface area contributed by atoms with Gasteiger partial charge in [-0.1, -0.05) is 0 Å². The van der Waals surface area contributed by atoms with E-state index in [1.807, 2.05) is 0 Å². The Hall–Kier alpha value is -2.65. The van der Waals surface area contributed by atoms with Gasteiger partial charge in [0.25, 0.3) is 6.43 Å². The first-order valence-corrected chi connectivity index (χ1v) is 6.38. The highest BCUT2D eigenvalue weighted by molar-refractivity contribution is 6.08. The van der Waals surface area contributed by atoms with Crippen LogP contribution in [0.2, 0.25) is 0 Å². The van der Waals surface area contributed by atoms with Gasteiger partial charge < -0.3 is 4.74 Å². The molecule has 1 aromatic heterocycles. The minimum Gasteiger partial charge on any atom is -0.455 e. The lowest BCUT2D eigenvalue weighted by Gasteiger charge is -2.17. The average molecular weight is 348 g/mol. The molecule has 126 valence electrons. The molecule has 0 radical (unpaired) electrons. The van der Waals surface area contributed by atoms with Crippen LogP contribution in [0.25, 0.3) is 0 Å². The lowest BCUT2D eigenvalue weighted by molar-refractivity contribution is -0.176. The molecule has 0 spiro atoms. The Morgan fingerprint density at radius 3 is 2.29 bits per heavy atom. The number of hydrogen-bond donors (Lipinski definition) is 0. The van der Waals surface area contributed by atoms with Crippen molar-refractivity contribution in [2.45, 2.75) is 18.3 Å². The topological polar surface area (TPSA) is 52.1 Å². The van der Waals surface area contributed by atoms with Gasteiger partial charge in [-0.25, -0.2) is 8.78 Å². The van der Waals surface area contributed by atoms with Gasteiger partial charge in [0.15, 0.2) is 0 Å². The second-order valence-corrected chi connectivity index (χ2v) is 4.86. The second kappa shape index (κ2) is 5.18. The molecule has 0 saturated heterocycles. The lowest BCUT2D eigenvalue weighted by Crippen LogP contribution is -2.38. The molecule has 4 nitrogen and oxygen atoms in total. The van der Waals surface area contributed by atoms with Gasteiger partial charge in [0.2, 0.25) is 5.78 Å². The van der Waals surface area contributed by atoms with Crippen molar-refractivity contribution in [2.24, 2.45) is 0 Å². The number of halogens is 6. The lowest BCUT2D eigenvalue weighted by atomic mass is 10.0. The Bertz CT molecular complexity index is 810. The first-order valence-electron chi connectivity index (χ1n) is 6.38. The number of aromatic nitrogens is 2. The Kier molecular flexibility index (Phi) is 3.50. The summed E-state index contributed by atoms with van der Waals surface area (Å²) in [5.74, 6) is -13.1. The van der Waals surface area contributed by atoms with Crippen molar-refractivity contribution in [3.63, 3.8) is 0 Å². The second-order valence-electron chi connectivity index (χ2n) is 4.86. The maximum atomic E-state index is 13.7. The Morgan fingerprint density at radius 1 is 1.00 bits per heavy atom. The number of benzene rings is 1. The van der Waals surface area contributed by atoms with Crippen LogP contribution in [-0.2, 0) is 5.92 Å². The molecule has 0 fully saturated rings. The highest BCUT2D eigenvalue weighted by Gasteiger charge is 2.70. The zero-order valence-electron chi connectivity index (χ0n) is 11.4. The third kappa shape index (κ3) is 2.13. The van der Waals surface area contributed by atoms with Crippen LogP contribution in [0.1, 0.15) is 27.9 Å². The van der Waals surface area contributed by atoms with E-state index in [4.69, 9.17) is 4.74 Å². The van der Waals surface area contributed by atoms with Crippen molar-refractivity contribution in [2.75, 3.05) is 0 Å². The number of ketones is 1. The molecule has 10 heteroatoms. The minimum absolute atomic E-state index is 0.0872. The van der Waals surface area contributed by atoms with Crippen LogP contribution in [0.15, 0.2) is 30.6 Å². The maximum Gasteiger partial charge on any atom is 0.376 e.